The Bertz CT molecular complexity index is 1330. The Kier molecular flexibility index (Phi) is 7.54. The van der Waals surface area contributed by atoms with Crippen molar-refractivity contribution in [3.05, 3.63) is 91.3 Å². The zero-order valence-electron chi connectivity index (χ0n) is 17.5. The number of nitrogens with zero attached hydrogens (tertiary/aromatic N) is 2. The molecular weight excluding hydrogens is 494 g/mol. The minimum atomic E-state index is -5.02. The molecule has 0 saturated heterocycles. The maximum Gasteiger partial charge on any atom is 0.420 e. The van der Waals surface area contributed by atoms with E-state index in [1.807, 2.05) is 0 Å². The second-order valence-corrected chi connectivity index (χ2v) is 8.10. The van der Waals surface area contributed by atoms with Crippen molar-refractivity contribution in [3.8, 4) is 17.6 Å². The molecule has 0 atom stereocenters. The quantitative estimate of drug-likeness (QED) is 0.470. The van der Waals surface area contributed by atoms with Crippen LogP contribution in [0.1, 0.15) is 22.3 Å². The van der Waals surface area contributed by atoms with Crippen LogP contribution in [0, 0.1) is 11.3 Å². The number of H-pyrrole nitrogens is 1. The number of nitrogens with one attached hydrogen (secondary N) is 1. The maximum atomic E-state index is 14.0. The Hall–Kier alpha value is -3.48. The van der Waals surface area contributed by atoms with E-state index < -0.39 is 40.9 Å². The van der Waals surface area contributed by atoms with E-state index in [2.05, 4.69) is 4.98 Å². The summed E-state index contributed by atoms with van der Waals surface area (Å²) in [7, 11) is 1.43. The van der Waals surface area contributed by atoms with Gasteiger partial charge in [-0.1, -0.05) is 41.4 Å². The van der Waals surface area contributed by atoms with Crippen LogP contribution >= 0.6 is 23.2 Å². The first-order chi connectivity index (χ1) is 16.0. The van der Waals surface area contributed by atoms with Gasteiger partial charge in [0, 0.05) is 29.8 Å². The van der Waals surface area contributed by atoms with E-state index in [9.17, 15) is 22.8 Å². The van der Waals surface area contributed by atoms with Gasteiger partial charge in [0.05, 0.1) is 18.1 Å². The molecule has 3 rings (SSSR count). The van der Waals surface area contributed by atoms with E-state index in [0.29, 0.717) is 10.6 Å². The second-order valence-electron chi connectivity index (χ2n) is 7.25. The Morgan fingerprint density at radius 3 is 2.53 bits per heavy atom. The zero-order valence-corrected chi connectivity index (χ0v) is 19.1. The Labute approximate surface area is 202 Å². The van der Waals surface area contributed by atoms with Crippen molar-refractivity contribution >= 4 is 29.1 Å². The smallest absolute Gasteiger partial charge is 0.420 e. The number of pyridine rings is 1. The van der Waals surface area contributed by atoms with Crippen LogP contribution in [0.15, 0.2) is 53.5 Å². The van der Waals surface area contributed by atoms with Gasteiger partial charge in [-0.25, -0.2) is 0 Å². The average molecular weight is 510 g/mol. The second kappa shape index (κ2) is 10.2. The summed E-state index contributed by atoms with van der Waals surface area (Å²) in [6, 6.07) is 12.1. The molecular formula is C23H16Cl2F3N3O3. The molecule has 0 aliphatic rings. The summed E-state index contributed by atoms with van der Waals surface area (Å²) in [5, 5.41) is 9.49. The first kappa shape index (κ1) is 25.1. The topological polar surface area (TPSA) is 86.2 Å². The van der Waals surface area contributed by atoms with Gasteiger partial charge in [-0.2, -0.15) is 18.4 Å². The molecule has 0 aliphatic carbocycles. The summed E-state index contributed by atoms with van der Waals surface area (Å²) in [5.41, 5.74) is -2.39. The number of likely N-dealkylation sites (N-methyl/N-ethyl adjacent to an activating group) is 1. The van der Waals surface area contributed by atoms with Crippen molar-refractivity contribution in [2.45, 2.75) is 19.1 Å². The largest absolute Gasteiger partial charge is 0.451 e. The molecule has 34 heavy (non-hydrogen) atoms. The molecule has 1 amide bonds. The Morgan fingerprint density at radius 1 is 1.18 bits per heavy atom. The van der Waals surface area contributed by atoms with E-state index in [0.717, 1.165) is 18.3 Å². The van der Waals surface area contributed by atoms with E-state index >= 15 is 0 Å². The first-order valence-electron chi connectivity index (χ1n) is 9.67. The van der Waals surface area contributed by atoms with Crippen LogP contribution in [0.2, 0.25) is 10.0 Å². The minimum absolute atomic E-state index is 0.0278. The van der Waals surface area contributed by atoms with Gasteiger partial charge in [0.1, 0.15) is 11.3 Å². The van der Waals surface area contributed by atoms with Crippen LogP contribution in [-0.2, 0) is 23.9 Å². The van der Waals surface area contributed by atoms with Crippen LogP contribution < -0.4 is 10.3 Å². The molecule has 0 radical (unpaired) electrons. The molecule has 176 valence electrons. The van der Waals surface area contributed by atoms with Crippen molar-refractivity contribution in [2.24, 2.45) is 0 Å². The fourth-order valence-corrected chi connectivity index (χ4v) is 3.59. The SMILES string of the molecule is CN(Cc1ccccc1Cl)C(=O)Cc1c[nH]c(=O)c(Oc2cc(Cl)cc(C#N)c2)c1C(F)(F)F. The molecule has 1 heterocycles. The number of nitriles is 1. The van der Waals surface area contributed by atoms with E-state index in [4.69, 9.17) is 33.2 Å². The standard InChI is InChI=1S/C23H16Cl2F3N3O3/c1-31(12-14-4-2-3-5-18(14)25)19(32)8-15-11-30-22(33)21(20(15)23(26,27)28)34-17-7-13(10-29)6-16(24)9-17/h2-7,9,11H,8,12H2,1H3,(H,30,33). The fraction of sp³-hybridized carbons (Fsp3) is 0.174. The van der Waals surface area contributed by atoms with Crippen molar-refractivity contribution in [1.29, 1.82) is 5.26 Å². The van der Waals surface area contributed by atoms with Crippen LogP contribution in [0.4, 0.5) is 13.2 Å². The van der Waals surface area contributed by atoms with Gasteiger partial charge in [0.25, 0.3) is 5.56 Å². The maximum absolute atomic E-state index is 14.0. The number of carbonyl (C=O) groups excluding carboxylic acids is 1. The highest BCUT2D eigenvalue weighted by Crippen LogP contribution is 2.39. The van der Waals surface area contributed by atoms with Crippen molar-refractivity contribution in [2.75, 3.05) is 7.05 Å². The molecule has 1 N–H and O–H groups in total. The van der Waals surface area contributed by atoms with Gasteiger partial charge >= 0.3 is 6.18 Å². The lowest BCUT2D eigenvalue weighted by atomic mass is 10.0. The highest BCUT2D eigenvalue weighted by atomic mass is 35.5. The van der Waals surface area contributed by atoms with E-state index in [1.165, 1.54) is 18.0 Å². The summed E-state index contributed by atoms with van der Waals surface area (Å²) in [6.45, 7) is 0.0754. The molecule has 0 unspecified atom stereocenters. The number of aromatic amines is 1. The van der Waals surface area contributed by atoms with Crippen LogP contribution in [0.3, 0.4) is 0 Å². The normalized spacial score (nSPS) is 11.1. The third-order valence-electron chi connectivity index (χ3n) is 4.77. The number of alkyl halides is 3. The molecule has 3 aromatic rings. The summed E-state index contributed by atoms with van der Waals surface area (Å²) in [4.78, 5) is 28.4. The van der Waals surface area contributed by atoms with Gasteiger partial charge in [0.2, 0.25) is 11.7 Å². The minimum Gasteiger partial charge on any atom is -0.451 e. The van der Waals surface area contributed by atoms with Crippen LogP contribution in [0.5, 0.6) is 11.5 Å². The average Bonchev–Trinajstić information content (AvgIpc) is 2.76. The number of carbonyl (C=O) groups is 1. The third-order valence-corrected chi connectivity index (χ3v) is 5.36. The number of rotatable bonds is 6. The summed E-state index contributed by atoms with van der Waals surface area (Å²) in [5.74, 6) is -1.94. The highest BCUT2D eigenvalue weighted by Gasteiger charge is 2.39. The highest BCUT2D eigenvalue weighted by molar-refractivity contribution is 6.31. The Balaban J connectivity index is 1.96. The molecule has 0 spiro atoms. The molecule has 0 saturated carbocycles. The van der Waals surface area contributed by atoms with Crippen molar-refractivity contribution in [1.82, 2.24) is 9.88 Å². The number of benzene rings is 2. The zero-order chi connectivity index (χ0) is 25.0. The summed E-state index contributed by atoms with van der Waals surface area (Å²) < 4.78 is 47.3. The molecule has 0 bridgehead atoms. The lowest BCUT2D eigenvalue weighted by Crippen LogP contribution is -2.29. The van der Waals surface area contributed by atoms with Gasteiger partial charge in [-0.3, -0.25) is 9.59 Å². The number of halogens is 5. The fourth-order valence-electron chi connectivity index (χ4n) is 3.17. The van der Waals surface area contributed by atoms with Gasteiger partial charge in [0.15, 0.2) is 0 Å². The molecule has 11 heteroatoms. The number of aromatic nitrogens is 1. The summed E-state index contributed by atoms with van der Waals surface area (Å²) in [6.07, 6.45) is -4.85. The Morgan fingerprint density at radius 2 is 1.88 bits per heavy atom. The molecule has 6 nitrogen and oxygen atoms in total. The number of amides is 1. The first-order valence-corrected chi connectivity index (χ1v) is 10.4. The number of hydrogen-bond acceptors (Lipinski definition) is 4. The summed E-state index contributed by atoms with van der Waals surface area (Å²) >= 11 is 12.0. The number of ether oxygens (including phenoxy) is 1. The molecule has 2 aromatic carbocycles. The van der Waals surface area contributed by atoms with E-state index in [-0.39, 0.29) is 22.9 Å². The van der Waals surface area contributed by atoms with Crippen LogP contribution in [0.25, 0.3) is 0 Å². The molecule has 0 aliphatic heterocycles. The lowest BCUT2D eigenvalue weighted by Gasteiger charge is -2.20. The van der Waals surface area contributed by atoms with E-state index in [1.54, 1.807) is 30.3 Å². The van der Waals surface area contributed by atoms with Gasteiger partial charge in [-0.15, -0.1) is 0 Å². The van der Waals surface area contributed by atoms with Crippen molar-refractivity contribution < 1.29 is 22.7 Å². The lowest BCUT2D eigenvalue weighted by molar-refractivity contribution is -0.139. The monoisotopic (exact) mass is 509 g/mol. The van der Waals surface area contributed by atoms with Gasteiger partial charge < -0.3 is 14.6 Å². The van der Waals surface area contributed by atoms with Crippen molar-refractivity contribution in [3.63, 3.8) is 0 Å². The third kappa shape index (κ3) is 5.90. The predicted octanol–water partition coefficient (Wildman–Crippen LogP) is 5.57. The molecule has 0 fully saturated rings. The van der Waals surface area contributed by atoms with Gasteiger partial charge in [-0.05, 0) is 35.4 Å². The van der Waals surface area contributed by atoms with Crippen LogP contribution in [-0.4, -0.2) is 22.8 Å². The predicted molar refractivity (Wildman–Crippen MR) is 120 cm³/mol. The molecule has 1 aromatic heterocycles. The number of hydrogen-bond donors (Lipinski definition) is 1.